The van der Waals surface area contributed by atoms with E-state index >= 15 is 0 Å². The van der Waals surface area contributed by atoms with E-state index in [2.05, 4.69) is 0 Å². The number of benzene rings is 3. The van der Waals surface area contributed by atoms with Crippen molar-refractivity contribution in [3.05, 3.63) is 119 Å². The Morgan fingerprint density at radius 3 is 2.03 bits per heavy atom. The van der Waals surface area contributed by atoms with Gasteiger partial charge in [0.05, 0.1) is 22.8 Å². The highest BCUT2D eigenvalue weighted by molar-refractivity contribution is 7.89. The molecule has 0 N–H and O–H groups in total. The number of carbonyl (C=O) groups is 1. The molecule has 4 rings (SSSR count). The molecule has 0 radical (unpaired) electrons. The monoisotopic (exact) mass is 495 g/mol. The molecule has 0 saturated heterocycles. The lowest BCUT2D eigenvalue weighted by molar-refractivity contribution is -0.139. The lowest BCUT2D eigenvalue weighted by atomic mass is 9.93. The Bertz CT molecular complexity index is 1400. The first-order valence-corrected chi connectivity index (χ1v) is 12.4. The number of esters is 1. The van der Waals surface area contributed by atoms with Gasteiger partial charge in [-0.25, -0.2) is 22.0 Å². The van der Waals surface area contributed by atoms with E-state index in [0.29, 0.717) is 11.1 Å². The van der Waals surface area contributed by atoms with E-state index in [1.807, 2.05) is 6.92 Å². The number of carbonyl (C=O) groups excluding carboxylic acids is 1. The number of halogens is 2. The van der Waals surface area contributed by atoms with E-state index in [1.165, 1.54) is 72.8 Å². The van der Waals surface area contributed by atoms with Crippen LogP contribution in [-0.4, -0.2) is 25.3 Å². The van der Waals surface area contributed by atoms with Crippen LogP contribution < -0.4 is 0 Å². The first-order chi connectivity index (χ1) is 16.7. The largest absolute Gasteiger partial charge is 0.463 e. The van der Waals surface area contributed by atoms with Crippen molar-refractivity contribution in [1.29, 1.82) is 0 Å². The van der Waals surface area contributed by atoms with Crippen LogP contribution in [0.2, 0.25) is 0 Å². The Morgan fingerprint density at radius 1 is 0.886 bits per heavy atom. The number of hydrogen-bond acceptors (Lipinski definition) is 4. The first kappa shape index (κ1) is 24.3. The van der Waals surface area contributed by atoms with Crippen molar-refractivity contribution < 1.29 is 26.7 Å². The van der Waals surface area contributed by atoms with Crippen LogP contribution in [0.15, 0.2) is 95.4 Å². The third-order valence-corrected chi connectivity index (χ3v) is 7.40. The Hall–Kier alpha value is -3.78. The second-order valence-corrected chi connectivity index (χ2v) is 9.78. The van der Waals surface area contributed by atoms with Gasteiger partial charge in [0.1, 0.15) is 17.7 Å². The predicted octanol–water partition coefficient (Wildman–Crippen LogP) is 5.55. The summed E-state index contributed by atoms with van der Waals surface area (Å²) in [6.07, 6.45) is 2.98. The molecule has 1 aliphatic rings. The summed E-state index contributed by atoms with van der Waals surface area (Å²) in [7, 11) is -4.25. The van der Waals surface area contributed by atoms with E-state index in [0.717, 1.165) is 9.87 Å². The number of hydrogen-bond donors (Lipinski definition) is 0. The number of ether oxygens (including phenoxy) is 1. The zero-order valence-corrected chi connectivity index (χ0v) is 19.9. The second kappa shape index (κ2) is 9.84. The zero-order chi connectivity index (χ0) is 25.2. The second-order valence-electron chi connectivity index (χ2n) is 7.97. The Balaban J connectivity index is 1.98. The number of aryl methyl sites for hydroxylation is 1. The highest BCUT2D eigenvalue weighted by Gasteiger charge is 2.41. The molecule has 0 aromatic heterocycles. The Kier molecular flexibility index (Phi) is 6.84. The molecule has 1 heterocycles. The van der Waals surface area contributed by atoms with Crippen LogP contribution >= 0.6 is 0 Å². The van der Waals surface area contributed by atoms with Crippen LogP contribution in [0.4, 0.5) is 8.78 Å². The molecule has 0 spiro atoms. The molecule has 8 heteroatoms. The van der Waals surface area contributed by atoms with Crippen LogP contribution in [-0.2, 0) is 19.6 Å². The zero-order valence-electron chi connectivity index (χ0n) is 19.1. The topological polar surface area (TPSA) is 63.7 Å². The summed E-state index contributed by atoms with van der Waals surface area (Å²) in [4.78, 5) is 12.9. The molecule has 0 amide bonds. The summed E-state index contributed by atoms with van der Waals surface area (Å²) in [6, 6.07) is 15.8. The van der Waals surface area contributed by atoms with Crippen molar-refractivity contribution in [3.8, 4) is 0 Å². The van der Waals surface area contributed by atoms with Gasteiger partial charge in [0.25, 0.3) is 10.0 Å². The SMILES string of the molecule is CCOC(=O)C1=CC=C(c2ccc(F)cc2)N(S(=O)(=O)c2ccc(C)cc2)C1c1ccc(F)cc1. The van der Waals surface area contributed by atoms with Crippen molar-refractivity contribution in [2.24, 2.45) is 0 Å². The third-order valence-electron chi connectivity index (χ3n) is 5.60. The van der Waals surface area contributed by atoms with Gasteiger partial charge in [0.15, 0.2) is 0 Å². The minimum Gasteiger partial charge on any atom is -0.463 e. The molecule has 180 valence electrons. The maximum atomic E-state index is 14.1. The number of allylic oxidation sites excluding steroid dienone is 2. The molecule has 1 unspecified atom stereocenters. The van der Waals surface area contributed by atoms with E-state index < -0.39 is 33.7 Å². The van der Waals surface area contributed by atoms with Crippen molar-refractivity contribution in [2.45, 2.75) is 24.8 Å². The molecule has 3 aromatic rings. The van der Waals surface area contributed by atoms with Gasteiger partial charge in [0.2, 0.25) is 0 Å². The first-order valence-electron chi connectivity index (χ1n) is 10.9. The number of sulfonamides is 1. The van der Waals surface area contributed by atoms with Gasteiger partial charge in [0, 0.05) is 0 Å². The van der Waals surface area contributed by atoms with Crippen molar-refractivity contribution >= 4 is 21.7 Å². The van der Waals surface area contributed by atoms with E-state index in [1.54, 1.807) is 19.1 Å². The summed E-state index contributed by atoms with van der Waals surface area (Å²) in [6.45, 7) is 3.57. The van der Waals surface area contributed by atoms with Gasteiger partial charge in [-0.2, -0.15) is 0 Å². The van der Waals surface area contributed by atoms with Crippen LogP contribution in [0.5, 0.6) is 0 Å². The summed E-state index contributed by atoms with van der Waals surface area (Å²) >= 11 is 0. The quantitative estimate of drug-likeness (QED) is 0.421. The molecular formula is C27H23F2NO4S. The van der Waals surface area contributed by atoms with Gasteiger partial charge in [-0.15, -0.1) is 0 Å². The van der Waals surface area contributed by atoms with E-state index in [9.17, 15) is 22.0 Å². The highest BCUT2D eigenvalue weighted by atomic mass is 32.2. The van der Waals surface area contributed by atoms with Crippen molar-refractivity contribution in [1.82, 2.24) is 4.31 Å². The molecule has 1 aliphatic heterocycles. The van der Waals surface area contributed by atoms with Gasteiger partial charge >= 0.3 is 5.97 Å². The average molecular weight is 496 g/mol. The third kappa shape index (κ3) is 4.88. The van der Waals surface area contributed by atoms with E-state index in [4.69, 9.17) is 4.74 Å². The van der Waals surface area contributed by atoms with Crippen molar-refractivity contribution in [2.75, 3.05) is 6.61 Å². The molecule has 35 heavy (non-hydrogen) atoms. The van der Waals surface area contributed by atoms with Gasteiger partial charge in [-0.1, -0.05) is 29.8 Å². The normalized spacial score (nSPS) is 15.9. The summed E-state index contributed by atoms with van der Waals surface area (Å²) in [5.74, 6) is -1.68. The molecule has 0 aliphatic carbocycles. The van der Waals surface area contributed by atoms with Crippen LogP contribution in [0.25, 0.3) is 5.70 Å². The fourth-order valence-electron chi connectivity index (χ4n) is 3.89. The average Bonchev–Trinajstić information content (AvgIpc) is 2.84. The predicted molar refractivity (Wildman–Crippen MR) is 128 cm³/mol. The standard InChI is InChI=1S/C27H23F2NO4S/c1-3-34-27(31)24-16-17-25(19-6-10-21(28)11-7-19)30(26(24)20-8-12-22(29)13-9-20)35(32,33)23-14-4-18(2)5-15-23/h4-17,26H,3H2,1-2H3. The summed E-state index contributed by atoms with van der Waals surface area (Å²) in [5, 5.41) is 0. The van der Waals surface area contributed by atoms with E-state index in [-0.39, 0.29) is 22.8 Å². The fraction of sp³-hybridized carbons (Fsp3) is 0.148. The van der Waals surface area contributed by atoms with Gasteiger partial charge in [-0.3, -0.25) is 4.31 Å². The molecule has 0 fully saturated rings. The number of nitrogens with zero attached hydrogens (tertiary/aromatic N) is 1. The fourth-order valence-corrected chi connectivity index (χ4v) is 5.53. The maximum absolute atomic E-state index is 14.1. The smallest absolute Gasteiger partial charge is 0.336 e. The summed E-state index contributed by atoms with van der Waals surface area (Å²) in [5.41, 5.74) is 1.97. The minimum atomic E-state index is -4.25. The molecule has 1 atom stereocenters. The van der Waals surface area contributed by atoms with Gasteiger partial charge in [-0.05, 0) is 85.7 Å². The Morgan fingerprint density at radius 2 is 1.46 bits per heavy atom. The van der Waals surface area contributed by atoms with Crippen LogP contribution in [0.1, 0.15) is 29.7 Å². The highest BCUT2D eigenvalue weighted by Crippen LogP contribution is 2.43. The van der Waals surface area contributed by atoms with Gasteiger partial charge < -0.3 is 4.74 Å². The molecule has 5 nitrogen and oxygen atoms in total. The molecular weight excluding hydrogens is 472 g/mol. The lowest BCUT2D eigenvalue weighted by Gasteiger charge is -2.37. The number of rotatable bonds is 6. The molecule has 0 bridgehead atoms. The van der Waals surface area contributed by atoms with Crippen LogP contribution in [0.3, 0.4) is 0 Å². The lowest BCUT2D eigenvalue weighted by Crippen LogP contribution is -2.38. The van der Waals surface area contributed by atoms with Crippen LogP contribution in [0, 0.1) is 18.6 Å². The molecule has 0 saturated carbocycles. The summed E-state index contributed by atoms with van der Waals surface area (Å²) < 4.78 is 61.9. The van der Waals surface area contributed by atoms with Crippen molar-refractivity contribution in [3.63, 3.8) is 0 Å². The Labute approximate surface area is 203 Å². The molecule has 3 aromatic carbocycles. The minimum absolute atomic E-state index is 0.00772. The maximum Gasteiger partial charge on any atom is 0.336 e.